The Bertz CT molecular complexity index is 744. The largest absolute Gasteiger partial charge is 0.401 e. The number of ether oxygens (including phenoxy) is 1. The van der Waals surface area contributed by atoms with E-state index in [9.17, 15) is 19.8 Å². The van der Waals surface area contributed by atoms with Gasteiger partial charge in [0, 0.05) is 18.1 Å². The van der Waals surface area contributed by atoms with Crippen LogP contribution in [0.15, 0.2) is 27.7 Å². The van der Waals surface area contributed by atoms with Crippen LogP contribution in [0.5, 0.6) is 0 Å². The Hall–Kier alpha value is -2.18. The fraction of sp³-hybridized carbons (Fsp3) is 0.571. The van der Waals surface area contributed by atoms with Crippen LogP contribution in [0.1, 0.15) is 25.0 Å². The van der Waals surface area contributed by atoms with Gasteiger partial charge in [0.15, 0.2) is 0 Å². The van der Waals surface area contributed by atoms with E-state index in [2.05, 4.69) is 4.98 Å². The highest BCUT2D eigenvalue weighted by Crippen LogP contribution is 2.31. The number of H-pyrrole nitrogens is 1. The predicted octanol–water partition coefficient (Wildman–Crippen LogP) is -2.97. The van der Waals surface area contributed by atoms with Gasteiger partial charge in [0.05, 0.1) is 12.2 Å². The summed E-state index contributed by atoms with van der Waals surface area (Å²) in [5.74, 6) is 5.76. The first-order valence-corrected chi connectivity index (χ1v) is 7.72. The lowest BCUT2D eigenvalue weighted by atomic mass is 10.0. The van der Waals surface area contributed by atoms with Gasteiger partial charge in [0.1, 0.15) is 31.1 Å². The SMILES string of the molecule is CC/C(N)=C/N(N)Cn1cc(C2OC(CO)C(O)C2O)c(=O)[nH]c1=O. The number of aromatic amines is 1. The molecule has 4 unspecified atom stereocenters. The molecule has 1 aromatic rings. The van der Waals surface area contributed by atoms with Crippen LogP contribution >= 0.6 is 0 Å². The molecule has 0 spiro atoms. The predicted molar refractivity (Wildman–Crippen MR) is 86.6 cm³/mol. The number of nitrogens with one attached hydrogen (secondary N) is 1. The molecule has 1 saturated heterocycles. The van der Waals surface area contributed by atoms with Gasteiger partial charge in [-0.3, -0.25) is 19.4 Å². The number of aliphatic hydroxyl groups excluding tert-OH is 3. The number of nitrogens with zero attached hydrogens (tertiary/aromatic N) is 2. The molecule has 140 valence electrons. The molecule has 4 atom stereocenters. The van der Waals surface area contributed by atoms with Gasteiger partial charge in [-0.1, -0.05) is 6.92 Å². The van der Waals surface area contributed by atoms with Gasteiger partial charge in [0.2, 0.25) is 0 Å². The van der Waals surface area contributed by atoms with E-state index in [1.165, 1.54) is 17.4 Å². The van der Waals surface area contributed by atoms with Crippen LogP contribution in [0.2, 0.25) is 0 Å². The van der Waals surface area contributed by atoms with Crippen molar-refractivity contribution < 1.29 is 20.1 Å². The number of hydrogen-bond acceptors (Lipinski definition) is 9. The number of hydrazine groups is 1. The van der Waals surface area contributed by atoms with Crippen LogP contribution < -0.4 is 22.8 Å². The zero-order valence-electron chi connectivity index (χ0n) is 13.7. The normalized spacial score (nSPS) is 26.8. The van der Waals surface area contributed by atoms with Gasteiger partial charge < -0.3 is 25.8 Å². The molecule has 0 aromatic carbocycles. The minimum atomic E-state index is -1.42. The fourth-order valence-corrected chi connectivity index (χ4v) is 2.51. The first-order valence-electron chi connectivity index (χ1n) is 7.72. The molecular weight excluding hydrogens is 334 g/mol. The van der Waals surface area contributed by atoms with Crippen LogP contribution in [-0.2, 0) is 11.4 Å². The van der Waals surface area contributed by atoms with Gasteiger partial charge in [-0.2, -0.15) is 0 Å². The molecule has 0 saturated carbocycles. The van der Waals surface area contributed by atoms with E-state index in [0.717, 1.165) is 4.57 Å². The summed E-state index contributed by atoms with van der Waals surface area (Å²) in [5.41, 5.74) is 4.64. The van der Waals surface area contributed by atoms with Crippen LogP contribution in [0.3, 0.4) is 0 Å². The average molecular weight is 357 g/mol. The number of aromatic nitrogens is 2. The highest BCUT2D eigenvalue weighted by molar-refractivity contribution is 5.14. The molecule has 0 bridgehead atoms. The third-order valence-electron chi connectivity index (χ3n) is 3.94. The van der Waals surface area contributed by atoms with Crippen molar-refractivity contribution in [1.29, 1.82) is 0 Å². The minimum Gasteiger partial charge on any atom is -0.401 e. The van der Waals surface area contributed by atoms with E-state index in [1.54, 1.807) is 0 Å². The molecule has 0 radical (unpaired) electrons. The van der Waals surface area contributed by atoms with Crippen LogP contribution in [0, 0.1) is 0 Å². The zero-order valence-corrected chi connectivity index (χ0v) is 13.7. The van der Waals surface area contributed by atoms with Crippen molar-refractivity contribution >= 4 is 0 Å². The Balaban J connectivity index is 2.32. The Morgan fingerprint density at radius 2 is 2.12 bits per heavy atom. The summed E-state index contributed by atoms with van der Waals surface area (Å²) in [6, 6.07) is 0. The highest BCUT2D eigenvalue weighted by Gasteiger charge is 2.44. The summed E-state index contributed by atoms with van der Waals surface area (Å²) >= 11 is 0. The average Bonchev–Trinajstić information content (AvgIpc) is 2.85. The van der Waals surface area contributed by atoms with Gasteiger partial charge in [-0.25, -0.2) is 10.6 Å². The Labute approximate surface area is 142 Å². The number of hydrogen-bond donors (Lipinski definition) is 6. The lowest BCUT2D eigenvalue weighted by Gasteiger charge is -2.19. The van der Waals surface area contributed by atoms with Gasteiger partial charge in [-0.15, -0.1) is 0 Å². The molecule has 2 rings (SSSR count). The maximum atomic E-state index is 12.1. The maximum absolute atomic E-state index is 12.1. The first-order chi connectivity index (χ1) is 11.8. The Kier molecular flexibility index (Phi) is 5.98. The van der Waals surface area contributed by atoms with Crippen LogP contribution in [-0.4, -0.2) is 54.8 Å². The highest BCUT2D eigenvalue weighted by atomic mass is 16.6. The van der Waals surface area contributed by atoms with Crippen molar-refractivity contribution in [3.63, 3.8) is 0 Å². The lowest BCUT2D eigenvalue weighted by Crippen LogP contribution is -2.39. The van der Waals surface area contributed by atoms with Gasteiger partial charge >= 0.3 is 5.69 Å². The second kappa shape index (κ2) is 7.80. The van der Waals surface area contributed by atoms with E-state index in [1.807, 2.05) is 6.92 Å². The second-order valence-electron chi connectivity index (χ2n) is 5.79. The summed E-state index contributed by atoms with van der Waals surface area (Å²) < 4.78 is 6.42. The number of nitrogens with two attached hydrogens (primary N) is 2. The molecule has 1 aliphatic rings. The molecule has 25 heavy (non-hydrogen) atoms. The number of rotatable bonds is 6. The molecule has 0 amide bonds. The van der Waals surface area contributed by atoms with E-state index >= 15 is 0 Å². The molecule has 8 N–H and O–H groups in total. The van der Waals surface area contributed by atoms with Crippen molar-refractivity contribution in [3.05, 3.63) is 44.5 Å². The molecule has 1 fully saturated rings. The monoisotopic (exact) mass is 357 g/mol. The number of allylic oxidation sites excluding steroid dienone is 1. The Morgan fingerprint density at radius 1 is 1.44 bits per heavy atom. The lowest BCUT2D eigenvalue weighted by molar-refractivity contribution is -0.0234. The topological polar surface area (TPSA) is 180 Å². The smallest absolute Gasteiger partial charge is 0.329 e. The molecule has 2 heterocycles. The molecule has 0 aliphatic carbocycles. The fourth-order valence-electron chi connectivity index (χ4n) is 2.51. The molecule has 11 nitrogen and oxygen atoms in total. The summed E-state index contributed by atoms with van der Waals surface area (Å²) in [6.45, 7) is 1.20. The van der Waals surface area contributed by atoms with Gasteiger partial charge in [-0.05, 0) is 6.42 Å². The van der Waals surface area contributed by atoms with E-state index in [-0.39, 0.29) is 12.2 Å². The first kappa shape index (κ1) is 19.1. The Morgan fingerprint density at radius 3 is 2.68 bits per heavy atom. The zero-order chi connectivity index (χ0) is 18.7. The second-order valence-corrected chi connectivity index (χ2v) is 5.79. The van der Waals surface area contributed by atoms with Crippen molar-refractivity contribution in [2.45, 2.75) is 44.4 Å². The van der Waals surface area contributed by atoms with Crippen LogP contribution in [0.25, 0.3) is 0 Å². The van der Waals surface area contributed by atoms with E-state index < -0.39 is 42.3 Å². The van der Waals surface area contributed by atoms with Gasteiger partial charge in [0.25, 0.3) is 5.56 Å². The van der Waals surface area contributed by atoms with Crippen molar-refractivity contribution in [2.75, 3.05) is 6.61 Å². The third kappa shape index (κ3) is 4.08. The molecular formula is C14H23N5O6. The standard InChI is InChI=1S/C14H23N5O6/c1-2-7(15)3-19(16)6-18-4-8(13(23)17-14(18)24)12-11(22)10(21)9(5-20)25-12/h3-4,9-12,20-22H,2,5-6,15-16H2,1H3,(H,17,23,24)/b7-3-. The molecule has 11 heteroatoms. The van der Waals surface area contributed by atoms with E-state index in [4.69, 9.17) is 21.4 Å². The minimum absolute atomic E-state index is 0.0667. The summed E-state index contributed by atoms with van der Waals surface area (Å²) in [4.78, 5) is 26.1. The molecule has 1 aromatic heterocycles. The van der Waals surface area contributed by atoms with Crippen molar-refractivity contribution in [2.24, 2.45) is 11.6 Å². The summed E-state index contributed by atoms with van der Waals surface area (Å²) in [7, 11) is 0. The van der Waals surface area contributed by atoms with Crippen molar-refractivity contribution in [3.8, 4) is 0 Å². The summed E-state index contributed by atoms with van der Waals surface area (Å²) in [6.07, 6.45) is -1.78. The summed E-state index contributed by atoms with van der Waals surface area (Å²) in [5, 5.41) is 30.2. The molecule has 1 aliphatic heterocycles. The maximum Gasteiger partial charge on any atom is 0.329 e. The third-order valence-corrected chi connectivity index (χ3v) is 3.94. The van der Waals surface area contributed by atoms with E-state index in [0.29, 0.717) is 12.1 Å². The van der Waals surface area contributed by atoms with Crippen molar-refractivity contribution in [1.82, 2.24) is 14.6 Å². The number of aliphatic hydroxyl groups is 3. The quantitative estimate of drug-likeness (QED) is 0.229. The van der Waals surface area contributed by atoms with Crippen LogP contribution in [0.4, 0.5) is 0 Å².